The van der Waals surface area contributed by atoms with Gasteiger partial charge in [0.25, 0.3) is 0 Å². The molecule has 0 radical (unpaired) electrons. The van der Waals surface area contributed by atoms with Crippen LogP contribution in [0.5, 0.6) is 0 Å². The predicted molar refractivity (Wildman–Crippen MR) is 369 cm³/mol. The highest BCUT2D eigenvalue weighted by molar-refractivity contribution is 5.76. The van der Waals surface area contributed by atoms with Crippen LogP contribution in [0.4, 0.5) is 0 Å². The molecule has 1 amide bonds. The van der Waals surface area contributed by atoms with Gasteiger partial charge in [-0.25, -0.2) is 0 Å². The van der Waals surface area contributed by atoms with Gasteiger partial charge in [-0.05, 0) is 57.8 Å². The van der Waals surface area contributed by atoms with Gasteiger partial charge in [0.05, 0.1) is 32.0 Å². The minimum absolute atomic E-state index is 0.235. The zero-order valence-corrected chi connectivity index (χ0v) is 57.4. The number of unbranched alkanes of at least 4 members (excludes halogenated alkanes) is 41. The Morgan fingerprint density at radius 3 is 1.18 bits per heavy atom. The highest BCUT2D eigenvalue weighted by Crippen LogP contribution is 2.30. The summed E-state index contributed by atoms with van der Waals surface area (Å²) >= 11 is 0. The second kappa shape index (κ2) is 60.4. The molecule has 14 nitrogen and oxygen atoms in total. The highest BCUT2D eigenvalue weighted by Gasteiger charge is 2.51. The smallest absolute Gasteiger partial charge is 0.220 e. The van der Waals surface area contributed by atoms with E-state index >= 15 is 0 Å². The van der Waals surface area contributed by atoms with Crippen LogP contribution in [-0.2, 0) is 23.7 Å². The van der Waals surface area contributed by atoms with Crippen LogP contribution in [0.2, 0.25) is 0 Å². The van der Waals surface area contributed by atoms with Crippen LogP contribution in [0, 0.1) is 0 Å². The molecule has 0 saturated carbocycles. The molecule has 2 fully saturated rings. The first-order chi connectivity index (χ1) is 44.1. The molecule has 0 aromatic heterocycles. The molecule has 14 heteroatoms. The summed E-state index contributed by atoms with van der Waals surface area (Å²) in [5.74, 6) is -0.235. The number of ether oxygens (including phenoxy) is 4. The van der Waals surface area contributed by atoms with Crippen molar-refractivity contribution in [2.24, 2.45) is 0 Å². The first-order valence-corrected chi connectivity index (χ1v) is 37.5. The molecule has 9 N–H and O–H groups in total. The maximum atomic E-state index is 13.4. The molecule has 12 atom stereocenters. The normalized spacial score (nSPS) is 23.2. The summed E-state index contributed by atoms with van der Waals surface area (Å²) in [5, 5.41) is 87.6. The Labute approximate surface area is 549 Å². The lowest BCUT2D eigenvalue weighted by molar-refractivity contribution is -0.359. The van der Waals surface area contributed by atoms with Crippen molar-refractivity contribution >= 4 is 5.91 Å². The summed E-state index contributed by atoms with van der Waals surface area (Å²) in [6.07, 6.45) is 64.2. The van der Waals surface area contributed by atoms with E-state index < -0.39 is 86.8 Å². The fourth-order valence-electron chi connectivity index (χ4n) is 12.3. The van der Waals surface area contributed by atoms with Crippen molar-refractivity contribution in [1.82, 2.24) is 5.32 Å². The first-order valence-electron chi connectivity index (χ1n) is 37.5. The van der Waals surface area contributed by atoms with E-state index in [-0.39, 0.29) is 18.9 Å². The first kappa shape index (κ1) is 83.8. The van der Waals surface area contributed by atoms with Crippen molar-refractivity contribution in [3.63, 3.8) is 0 Å². The Kier molecular flexibility index (Phi) is 56.2. The lowest BCUT2D eigenvalue weighted by Gasteiger charge is -2.46. The molecule has 0 bridgehead atoms. The van der Waals surface area contributed by atoms with Crippen molar-refractivity contribution in [3.05, 3.63) is 60.8 Å². The highest BCUT2D eigenvalue weighted by atomic mass is 16.7. The average Bonchev–Trinajstić information content (AvgIpc) is 1.42. The van der Waals surface area contributed by atoms with E-state index in [1.807, 2.05) is 6.08 Å². The lowest BCUT2D eigenvalue weighted by Crippen LogP contribution is -2.65. The van der Waals surface area contributed by atoms with Crippen LogP contribution in [0.3, 0.4) is 0 Å². The summed E-state index contributed by atoms with van der Waals surface area (Å²) in [7, 11) is 0. The van der Waals surface area contributed by atoms with Crippen molar-refractivity contribution in [2.75, 3.05) is 19.8 Å². The number of aliphatic hydroxyl groups excluding tert-OH is 8. The average molecular weight is 1270 g/mol. The standard InChI is InChI=1S/C76H139NO13/c1-3-5-7-9-11-13-15-17-19-21-23-25-27-29-30-31-32-33-34-36-38-40-42-44-46-48-50-52-54-56-58-60-68(81)77-64(63-87-75-73(86)71(84)74(67(62-79)89-75)90-76-72(85)70(83)69(82)66(61-78)88-76)65(80)59-57-55-53-51-49-47-45-43-41-39-37-35-28-26-24-22-20-18-16-14-12-10-8-6-4-2/h5,7,11,13,17,19,23,25,57,59,64-67,69-76,78-80,82-86H,3-4,6,8-10,12,14-16,18,20-22,24,26-56,58,60-63H2,1-2H3,(H,77,81)/b7-5-,13-11-,19-17-,25-23-,59-57+. The van der Waals surface area contributed by atoms with Gasteiger partial charge in [0.2, 0.25) is 5.91 Å². The molecule has 2 saturated heterocycles. The summed E-state index contributed by atoms with van der Waals surface area (Å²) in [4.78, 5) is 13.4. The van der Waals surface area contributed by atoms with E-state index in [2.05, 4.69) is 67.8 Å². The van der Waals surface area contributed by atoms with E-state index in [1.165, 1.54) is 231 Å². The molecule has 2 heterocycles. The van der Waals surface area contributed by atoms with Crippen molar-refractivity contribution in [2.45, 2.75) is 396 Å². The number of carbonyl (C=O) groups is 1. The molecule has 0 aromatic rings. The number of rotatable bonds is 62. The zero-order valence-electron chi connectivity index (χ0n) is 57.4. The SMILES string of the molecule is CC/C=C\C/C=C\C/C=C\C/C=C\CCCCCCCCCCCCCCCCCCCCC(=O)NC(COC1OC(CO)C(OC2OC(CO)C(O)C(O)C2O)C(O)C1O)C(O)/C=C/CCCCCCCCCCCCCCCCCCCCCCCCC. The molecule has 90 heavy (non-hydrogen) atoms. The van der Waals surface area contributed by atoms with E-state index in [4.69, 9.17) is 18.9 Å². The molecule has 0 aromatic carbocycles. The van der Waals surface area contributed by atoms with Crippen LogP contribution >= 0.6 is 0 Å². The van der Waals surface area contributed by atoms with E-state index in [9.17, 15) is 45.6 Å². The van der Waals surface area contributed by atoms with Crippen molar-refractivity contribution in [3.8, 4) is 0 Å². The molecule has 0 aliphatic carbocycles. The summed E-state index contributed by atoms with van der Waals surface area (Å²) in [6.45, 7) is 2.74. The summed E-state index contributed by atoms with van der Waals surface area (Å²) in [6, 6.07) is -0.917. The van der Waals surface area contributed by atoms with Gasteiger partial charge < -0.3 is 65.1 Å². The number of allylic oxidation sites excluding steroid dienone is 9. The van der Waals surface area contributed by atoms with Gasteiger partial charge in [0.1, 0.15) is 48.8 Å². The summed E-state index contributed by atoms with van der Waals surface area (Å²) in [5.41, 5.74) is 0. The second-order valence-corrected chi connectivity index (χ2v) is 26.4. The van der Waals surface area contributed by atoms with Crippen LogP contribution in [0.1, 0.15) is 322 Å². The fraction of sp³-hybridized carbons (Fsp3) is 0.855. The lowest BCUT2D eigenvalue weighted by atomic mass is 9.97. The van der Waals surface area contributed by atoms with Gasteiger partial charge in [0, 0.05) is 6.42 Å². The molecule has 2 rings (SSSR count). The predicted octanol–water partition coefficient (Wildman–Crippen LogP) is 16.0. The molecule has 12 unspecified atom stereocenters. The number of hydrogen-bond donors (Lipinski definition) is 9. The van der Waals surface area contributed by atoms with Crippen molar-refractivity contribution < 1.29 is 64.6 Å². The fourth-order valence-corrected chi connectivity index (χ4v) is 12.3. The molecular weight excluding hydrogens is 1130 g/mol. The number of amides is 1. The van der Waals surface area contributed by atoms with Gasteiger partial charge in [-0.2, -0.15) is 0 Å². The Hall–Kier alpha value is -2.31. The maximum absolute atomic E-state index is 13.4. The number of nitrogens with one attached hydrogen (secondary N) is 1. The molecule has 2 aliphatic heterocycles. The Morgan fingerprint density at radius 1 is 0.411 bits per heavy atom. The van der Waals surface area contributed by atoms with Gasteiger partial charge in [-0.1, -0.05) is 319 Å². The quantitative estimate of drug-likeness (QED) is 0.0204. The van der Waals surface area contributed by atoms with Crippen molar-refractivity contribution in [1.29, 1.82) is 0 Å². The number of carbonyl (C=O) groups excluding carboxylic acids is 1. The van der Waals surface area contributed by atoms with E-state index in [0.717, 1.165) is 64.2 Å². The number of hydrogen-bond acceptors (Lipinski definition) is 13. The van der Waals surface area contributed by atoms with Crippen LogP contribution < -0.4 is 5.32 Å². The summed E-state index contributed by atoms with van der Waals surface area (Å²) < 4.78 is 22.9. The minimum atomic E-state index is -1.79. The minimum Gasteiger partial charge on any atom is -0.394 e. The van der Waals surface area contributed by atoms with E-state index in [0.29, 0.717) is 6.42 Å². The third-order valence-corrected chi connectivity index (χ3v) is 18.2. The Morgan fingerprint density at radius 2 is 0.767 bits per heavy atom. The topological polar surface area (TPSA) is 228 Å². The third-order valence-electron chi connectivity index (χ3n) is 18.2. The second-order valence-electron chi connectivity index (χ2n) is 26.4. The molecule has 526 valence electrons. The number of aliphatic hydroxyl groups is 8. The molecular formula is C76H139NO13. The van der Waals surface area contributed by atoms with Crippen LogP contribution in [-0.4, -0.2) is 140 Å². The van der Waals surface area contributed by atoms with Gasteiger partial charge in [-0.15, -0.1) is 0 Å². The third kappa shape index (κ3) is 43.6. The van der Waals surface area contributed by atoms with Crippen LogP contribution in [0.15, 0.2) is 60.8 Å². The largest absolute Gasteiger partial charge is 0.394 e. The molecule has 0 spiro atoms. The zero-order chi connectivity index (χ0) is 65.2. The van der Waals surface area contributed by atoms with E-state index in [1.54, 1.807) is 6.08 Å². The monoisotopic (exact) mass is 1270 g/mol. The van der Waals surface area contributed by atoms with Gasteiger partial charge in [0.15, 0.2) is 12.6 Å². The van der Waals surface area contributed by atoms with Crippen LogP contribution in [0.25, 0.3) is 0 Å². The van der Waals surface area contributed by atoms with Gasteiger partial charge in [-0.3, -0.25) is 4.79 Å². The maximum Gasteiger partial charge on any atom is 0.220 e. The van der Waals surface area contributed by atoms with Gasteiger partial charge >= 0.3 is 0 Å². The Balaban J connectivity index is 1.64. The Bertz CT molecular complexity index is 1740. The molecule has 2 aliphatic rings.